The molecular formula is C12H22N2O2S. The van der Waals surface area contributed by atoms with Gasteiger partial charge < -0.3 is 0 Å². The van der Waals surface area contributed by atoms with E-state index in [9.17, 15) is 9.59 Å². The summed E-state index contributed by atoms with van der Waals surface area (Å²) in [5.74, 6) is -0.673. The van der Waals surface area contributed by atoms with Gasteiger partial charge in [-0.15, -0.1) is 0 Å². The molecule has 0 aromatic carbocycles. The number of rotatable bonds is 0. The normalized spacial score (nSPS) is 12.2. The van der Waals surface area contributed by atoms with Crippen LogP contribution < -0.4 is 0 Å². The third-order valence-corrected chi connectivity index (χ3v) is 2.66. The highest BCUT2D eigenvalue weighted by Crippen LogP contribution is 2.25. The number of hydrogen-bond acceptors (Lipinski definition) is 4. The fourth-order valence-corrected chi connectivity index (χ4v) is 1.39. The van der Waals surface area contributed by atoms with Gasteiger partial charge in [0, 0.05) is 10.8 Å². The van der Waals surface area contributed by atoms with E-state index >= 15 is 0 Å². The van der Waals surface area contributed by atoms with Gasteiger partial charge in [-0.2, -0.15) is 0 Å². The minimum Gasteiger partial charge on any atom is -0.278 e. The van der Waals surface area contributed by atoms with Crippen LogP contribution in [0.25, 0.3) is 0 Å². The van der Waals surface area contributed by atoms with Crippen molar-refractivity contribution in [3.8, 4) is 0 Å². The first-order valence-corrected chi connectivity index (χ1v) is 6.67. The lowest BCUT2D eigenvalue weighted by Gasteiger charge is -2.31. The zero-order valence-electron chi connectivity index (χ0n) is 11.7. The Hall–Kier alpha value is -0.840. The summed E-state index contributed by atoms with van der Waals surface area (Å²) in [6, 6.07) is 0. The molecule has 0 rings (SSSR count). The molecule has 0 fully saturated rings. The second-order valence-electron chi connectivity index (χ2n) is 5.95. The molecule has 0 unspecified atom stereocenters. The first-order valence-electron chi connectivity index (χ1n) is 5.44. The first-order chi connectivity index (χ1) is 7.42. The minimum atomic E-state index is -0.678. The largest absolute Gasteiger partial charge is 0.278 e. The molecule has 0 radical (unpaired) electrons. The van der Waals surface area contributed by atoms with E-state index in [0.29, 0.717) is 0 Å². The standard InChI is InChI=1S/C12H22N2O2S/c1-11(2,3)8(15)14(10(13)17-7)9(16)12(4,5)6/h13H,1-7H3. The minimum absolute atomic E-state index is 0.0233. The molecule has 17 heavy (non-hydrogen) atoms. The van der Waals surface area contributed by atoms with E-state index in [1.807, 2.05) is 0 Å². The number of carbonyl (C=O) groups excluding carboxylic acids is 2. The highest BCUT2D eigenvalue weighted by Gasteiger charge is 2.38. The summed E-state index contributed by atoms with van der Waals surface area (Å²) in [7, 11) is 0. The van der Waals surface area contributed by atoms with E-state index in [-0.39, 0.29) is 17.0 Å². The van der Waals surface area contributed by atoms with Crippen molar-refractivity contribution in [3.05, 3.63) is 0 Å². The Bertz CT molecular complexity index is 311. The van der Waals surface area contributed by atoms with Crippen LogP contribution in [0.1, 0.15) is 41.5 Å². The molecule has 0 aliphatic heterocycles. The van der Waals surface area contributed by atoms with Crippen LogP contribution in [0.3, 0.4) is 0 Å². The number of carbonyl (C=O) groups is 2. The molecule has 2 amide bonds. The second-order valence-corrected chi connectivity index (χ2v) is 6.75. The molecule has 0 saturated heterocycles. The Balaban J connectivity index is 5.40. The second kappa shape index (κ2) is 5.21. The maximum absolute atomic E-state index is 12.2. The summed E-state index contributed by atoms with van der Waals surface area (Å²) >= 11 is 1.09. The third-order valence-electron chi connectivity index (χ3n) is 2.09. The van der Waals surface area contributed by atoms with Gasteiger partial charge in [0.2, 0.25) is 11.8 Å². The van der Waals surface area contributed by atoms with Gasteiger partial charge in [-0.1, -0.05) is 53.3 Å². The summed E-state index contributed by atoms with van der Waals surface area (Å²) in [4.78, 5) is 25.4. The van der Waals surface area contributed by atoms with Gasteiger partial charge in [0.1, 0.15) is 0 Å². The molecule has 0 aromatic heterocycles. The molecule has 1 N–H and O–H groups in total. The van der Waals surface area contributed by atoms with Crippen LogP contribution in [0.15, 0.2) is 0 Å². The Labute approximate surface area is 108 Å². The summed E-state index contributed by atoms with van der Waals surface area (Å²) in [6.45, 7) is 10.5. The van der Waals surface area contributed by atoms with Crippen LogP contribution in [-0.4, -0.2) is 28.1 Å². The van der Waals surface area contributed by atoms with Gasteiger partial charge in [-0.3, -0.25) is 15.0 Å². The number of hydrogen-bond donors (Lipinski definition) is 1. The number of nitrogens with zero attached hydrogens (tertiary/aromatic N) is 1. The number of amidine groups is 1. The maximum Gasteiger partial charge on any atom is 0.240 e. The van der Waals surface area contributed by atoms with E-state index < -0.39 is 10.8 Å². The lowest BCUT2D eigenvalue weighted by atomic mass is 9.91. The number of thioether (sulfide) groups is 1. The molecule has 0 atom stereocenters. The average Bonchev–Trinajstić information content (AvgIpc) is 2.14. The molecule has 0 bridgehead atoms. The van der Waals surface area contributed by atoms with Gasteiger partial charge in [0.05, 0.1) is 0 Å². The lowest BCUT2D eigenvalue weighted by Crippen LogP contribution is -2.50. The molecule has 4 nitrogen and oxygen atoms in total. The third kappa shape index (κ3) is 4.15. The summed E-state index contributed by atoms with van der Waals surface area (Å²) in [5, 5.41) is 7.74. The van der Waals surface area contributed by atoms with Crippen molar-refractivity contribution < 1.29 is 9.59 Å². The van der Waals surface area contributed by atoms with Gasteiger partial charge in [0.15, 0.2) is 5.17 Å². The predicted molar refractivity (Wildman–Crippen MR) is 72.0 cm³/mol. The Morgan fingerprint density at radius 1 is 0.941 bits per heavy atom. The topological polar surface area (TPSA) is 61.2 Å². The highest BCUT2D eigenvalue weighted by molar-refractivity contribution is 8.13. The van der Waals surface area contributed by atoms with Crippen molar-refractivity contribution in [3.63, 3.8) is 0 Å². The predicted octanol–water partition coefficient (Wildman–Crippen LogP) is 2.73. The lowest BCUT2D eigenvalue weighted by molar-refractivity contribution is -0.149. The van der Waals surface area contributed by atoms with E-state index in [0.717, 1.165) is 16.7 Å². The van der Waals surface area contributed by atoms with Crippen molar-refractivity contribution in [1.29, 1.82) is 5.41 Å². The highest BCUT2D eigenvalue weighted by atomic mass is 32.2. The van der Waals surface area contributed by atoms with Crippen molar-refractivity contribution in [1.82, 2.24) is 4.90 Å². The number of amides is 2. The molecule has 98 valence electrons. The molecule has 0 heterocycles. The van der Waals surface area contributed by atoms with Crippen LogP contribution in [0.2, 0.25) is 0 Å². The monoisotopic (exact) mass is 258 g/mol. The zero-order chi connectivity index (χ0) is 14.0. The molecule has 0 aliphatic rings. The fraction of sp³-hybridized carbons (Fsp3) is 0.750. The molecule has 0 aliphatic carbocycles. The SMILES string of the molecule is CSC(=N)N(C(=O)C(C)(C)C)C(=O)C(C)(C)C. The summed E-state index contributed by atoms with van der Waals surface area (Å²) in [5.41, 5.74) is -1.36. The van der Waals surface area contributed by atoms with E-state index in [4.69, 9.17) is 5.41 Å². The van der Waals surface area contributed by atoms with Crippen molar-refractivity contribution >= 4 is 28.7 Å². The Morgan fingerprint density at radius 2 is 1.24 bits per heavy atom. The van der Waals surface area contributed by atoms with Crippen molar-refractivity contribution in [2.45, 2.75) is 41.5 Å². The smallest absolute Gasteiger partial charge is 0.240 e. The molecule has 0 saturated carbocycles. The van der Waals surface area contributed by atoms with E-state index in [2.05, 4.69) is 0 Å². The van der Waals surface area contributed by atoms with E-state index in [1.165, 1.54) is 0 Å². The molecule has 0 aromatic rings. The van der Waals surface area contributed by atoms with Crippen molar-refractivity contribution in [2.75, 3.05) is 6.26 Å². The molecular weight excluding hydrogens is 236 g/mol. The van der Waals surface area contributed by atoms with E-state index in [1.54, 1.807) is 47.8 Å². The van der Waals surface area contributed by atoms with Crippen LogP contribution in [0.5, 0.6) is 0 Å². The van der Waals surface area contributed by atoms with Crippen LogP contribution >= 0.6 is 11.8 Å². The van der Waals surface area contributed by atoms with Crippen LogP contribution in [0.4, 0.5) is 0 Å². The fourth-order valence-electron chi connectivity index (χ4n) is 1.04. The summed E-state index contributed by atoms with van der Waals surface area (Å²) in [6.07, 6.45) is 1.68. The number of nitrogens with one attached hydrogen (secondary N) is 1. The van der Waals surface area contributed by atoms with Gasteiger partial charge in [-0.05, 0) is 6.26 Å². The first kappa shape index (κ1) is 16.2. The number of imide groups is 1. The van der Waals surface area contributed by atoms with Gasteiger partial charge in [0.25, 0.3) is 0 Å². The Kier molecular flexibility index (Phi) is 4.95. The quantitative estimate of drug-likeness (QED) is 0.537. The van der Waals surface area contributed by atoms with Gasteiger partial charge in [-0.25, -0.2) is 4.90 Å². The maximum atomic E-state index is 12.2. The average molecular weight is 258 g/mol. The van der Waals surface area contributed by atoms with Gasteiger partial charge >= 0.3 is 0 Å². The molecule has 5 heteroatoms. The Morgan fingerprint density at radius 3 is 1.41 bits per heavy atom. The van der Waals surface area contributed by atoms with Crippen LogP contribution in [0, 0.1) is 16.2 Å². The molecule has 0 spiro atoms. The van der Waals surface area contributed by atoms with Crippen LogP contribution in [-0.2, 0) is 9.59 Å². The van der Waals surface area contributed by atoms with Crippen molar-refractivity contribution in [2.24, 2.45) is 10.8 Å². The summed E-state index contributed by atoms with van der Waals surface area (Å²) < 4.78 is 0. The zero-order valence-corrected chi connectivity index (χ0v) is 12.5.